The minimum Gasteiger partial charge on any atom is -0.381 e. The van der Waals surface area contributed by atoms with Gasteiger partial charge in [0, 0.05) is 43.5 Å². The zero-order chi connectivity index (χ0) is 13.2. The van der Waals surface area contributed by atoms with Gasteiger partial charge in [-0.2, -0.15) is 0 Å². The van der Waals surface area contributed by atoms with E-state index >= 15 is 0 Å². The number of carbonyl (C=O) groups is 1. The van der Waals surface area contributed by atoms with Crippen LogP contribution in [0.25, 0.3) is 0 Å². The lowest BCUT2D eigenvalue weighted by Crippen LogP contribution is -2.27. The van der Waals surface area contributed by atoms with Crippen LogP contribution in [0.1, 0.15) is 29.6 Å². The second-order valence-electron chi connectivity index (χ2n) is 5.52. The molecule has 1 atom stereocenters. The number of benzene rings is 1. The molecule has 2 aliphatic rings. The molecule has 1 unspecified atom stereocenters. The van der Waals surface area contributed by atoms with Gasteiger partial charge in [-0.1, -0.05) is 6.07 Å². The molecule has 1 heterocycles. The summed E-state index contributed by atoms with van der Waals surface area (Å²) in [5.74, 6) is -0.0327. The van der Waals surface area contributed by atoms with Gasteiger partial charge in [0.05, 0.1) is 0 Å². The normalized spacial score (nSPS) is 23.3. The Morgan fingerprint density at radius 3 is 2.89 bits per heavy atom. The van der Waals surface area contributed by atoms with Gasteiger partial charge in [-0.25, -0.2) is 0 Å². The van der Waals surface area contributed by atoms with Crippen molar-refractivity contribution in [2.24, 2.45) is 0 Å². The summed E-state index contributed by atoms with van der Waals surface area (Å²) in [6.45, 7) is 2.34. The van der Waals surface area contributed by atoms with E-state index in [9.17, 15) is 4.79 Å². The van der Waals surface area contributed by atoms with E-state index in [1.54, 1.807) is 7.05 Å². The number of nitrogens with zero attached hydrogens (tertiary/aromatic N) is 1. The van der Waals surface area contributed by atoms with Crippen molar-refractivity contribution < 1.29 is 4.79 Å². The van der Waals surface area contributed by atoms with E-state index in [1.807, 2.05) is 24.3 Å². The number of hydrogen-bond donors (Lipinski definition) is 2. The first kappa shape index (κ1) is 12.5. The maximum absolute atomic E-state index is 11.6. The van der Waals surface area contributed by atoms with Gasteiger partial charge in [-0.3, -0.25) is 9.69 Å². The van der Waals surface area contributed by atoms with Crippen molar-refractivity contribution in [1.82, 2.24) is 10.2 Å². The topological polar surface area (TPSA) is 44.4 Å². The fraction of sp³-hybridized carbons (Fsp3) is 0.533. The van der Waals surface area contributed by atoms with Gasteiger partial charge in [-0.15, -0.1) is 0 Å². The maximum atomic E-state index is 11.6. The molecule has 1 aromatic carbocycles. The summed E-state index contributed by atoms with van der Waals surface area (Å²) in [5, 5.41) is 6.21. The second-order valence-corrected chi connectivity index (χ2v) is 5.52. The molecular weight excluding hydrogens is 238 g/mol. The van der Waals surface area contributed by atoms with Gasteiger partial charge in [0.2, 0.25) is 0 Å². The minimum absolute atomic E-state index is 0.0327. The summed E-state index contributed by atoms with van der Waals surface area (Å²) in [7, 11) is 1.66. The summed E-state index contributed by atoms with van der Waals surface area (Å²) in [5.41, 5.74) is 1.76. The second kappa shape index (κ2) is 5.21. The smallest absolute Gasteiger partial charge is 0.251 e. The fourth-order valence-electron chi connectivity index (χ4n) is 2.81. The summed E-state index contributed by atoms with van der Waals surface area (Å²) >= 11 is 0. The third-order valence-electron chi connectivity index (χ3n) is 4.01. The molecule has 0 bridgehead atoms. The average Bonchev–Trinajstić information content (AvgIpc) is 3.19. The molecule has 1 aliphatic heterocycles. The van der Waals surface area contributed by atoms with Crippen molar-refractivity contribution in [2.75, 3.05) is 25.5 Å². The molecule has 1 amide bonds. The number of rotatable bonds is 4. The van der Waals surface area contributed by atoms with Crippen LogP contribution >= 0.6 is 0 Å². The molecule has 3 rings (SSSR count). The molecule has 2 fully saturated rings. The SMILES string of the molecule is CNC(=O)c1cccc(NC2CCN(C3CC3)C2)c1. The first-order valence-corrected chi connectivity index (χ1v) is 7.09. The Morgan fingerprint density at radius 1 is 1.32 bits per heavy atom. The van der Waals surface area contributed by atoms with Gasteiger partial charge in [0.1, 0.15) is 0 Å². The average molecular weight is 259 g/mol. The van der Waals surface area contributed by atoms with E-state index in [4.69, 9.17) is 0 Å². The predicted molar refractivity (Wildman–Crippen MR) is 76.5 cm³/mol. The lowest BCUT2D eigenvalue weighted by atomic mass is 10.1. The molecule has 1 aromatic rings. The molecule has 4 heteroatoms. The largest absolute Gasteiger partial charge is 0.381 e. The van der Waals surface area contributed by atoms with E-state index < -0.39 is 0 Å². The highest BCUT2D eigenvalue weighted by Gasteiger charge is 2.34. The minimum atomic E-state index is -0.0327. The standard InChI is InChI=1S/C15H21N3O/c1-16-15(19)11-3-2-4-12(9-11)17-13-7-8-18(10-13)14-5-6-14/h2-4,9,13-14,17H,5-8,10H2,1H3,(H,16,19). The van der Waals surface area contributed by atoms with Crippen LogP contribution in [-0.4, -0.2) is 43.0 Å². The zero-order valence-corrected chi connectivity index (χ0v) is 11.4. The number of hydrogen-bond acceptors (Lipinski definition) is 3. The highest BCUT2D eigenvalue weighted by atomic mass is 16.1. The van der Waals surface area contributed by atoms with Gasteiger partial charge in [-0.05, 0) is 37.5 Å². The molecule has 0 aromatic heterocycles. The highest BCUT2D eigenvalue weighted by Crippen LogP contribution is 2.30. The molecule has 0 spiro atoms. The maximum Gasteiger partial charge on any atom is 0.251 e. The number of anilines is 1. The number of carbonyl (C=O) groups excluding carboxylic acids is 1. The fourth-order valence-corrected chi connectivity index (χ4v) is 2.81. The summed E-state index contributed by atoms with van der Waals surface area (Å²) in [6, 6.07) is 9.10. The van der Waals surface area contributed by atoms with Crippen molar-refractivity contribution in [3.63, 3.8) is 0 Å². The Kier molecular flexibility index (Phi) is 3.42. The number of likely N-dealkylation sites (tertiary alicyclic amines) is 1. The molecule has 19 heavy (non-hydrogen) atoms. The third kappa shape index (κ3) is 2.89. The van der Waals surface area contributed by atoms with Crippen LogP contribution in [0.2, 0.25) is 0 Å². The van der Waals surface area contributed by atoms with Crippen LogP contribution in [0.5, 0.6) is 0 Å². The van der Waals surface area contributed by atoms with E-state index in [-0.39, 0.29) is 5.91 Å². The summed E-state index contributed by atoms with van der Waals surface area (Å²) in [4.78, 5) is 14.2. The van der Waals surface area contributed by atoms with Crippen LogP contribution < -0.4 is 10.6 Å². The molecule has 102 valence electrons. The van der Waals surface area contributed by atoms with Crippen LogP contribution in [0.3, 0.4) is 0 Å². The molecule has 4 nitrogen and oxygen atoms in total. The summed E-state index contributed by atoms with van der Waals surface area (Å²) in [6.07, 6.45) is 3.94. The first-order valence-electron chi connectivity index (χ1n) is 7.09. The van der Waals surface area contributed by atoms with E-state index in [2.05, 4.69) is 15.5 Å². The van der Waals surface area contributed by atoms with Crippen LogP contribution in [0.4, 0.5) is 5.69 Å². The highest BCUT2D eigenvalue weighted by molar-refractivity contribution is 5.94. The van der Waals surface area contributed by atoms with Crippen molar-refractivity contribution in [1.29, 1.82) is 0 Å². The lowest BCUT2D eigenvalue weighted by molar-refractivity contribution is 0.0963. The van der Waals surface area contributed by atoms with Crippen molar-refractivity contribution >= 4 is 11.6 Å². The molecule has 2 N–H and O–H groups in total. The molecule has 0 radical (unpaired) electrons. The van der Waals surface area contributed by atoms with Crippen molar-refractivity contribution in [3.05, 3.63) is 29.8 Å². The Bertz CT molecular complexity index is 470. The zero-order valence-electron chi connectivity index (χ0n) is 11.4. The van der Waals surface area contributed by atoms with Gasteiger partial charge < -0.3 is 10.6 Å². The Hall–Kier alpha value is -1.55. The molecule has 1 saturated heterocycles. The Labute approximate surface area is 114 Å². The lowest BCUT2D eigenvalue weighted by Gasteiger charge is -2.17. The monoisotopic (exact) mass is 259 g/mol. The van der Waals surface area contributed by atoms with Gasteiger partial charge in [0.25, 0.3) is 5.91 Å². The van der Waals surface area contributed by atoms with E-state index in [0.717, 1.165) is 18.3 Å². The van der Waals surface area contributed by atoms with Crippen LogP contribution in [0, 0.1) is 0 Å². The molecule has 1 saturated carbocycles. The van der Waals surface area contributed by atoms with E-state index in [0.29, 0.717) is 11.6 Å². The number of nitrogens with one attached hydrogen (secondary N) is 2. The first-order chi connectivity index (χ1) is 9.26. The summed E-state index contributed by atoms with van der Waals surface area (Å²) < 4.78 is 0. The van der Waals surface area contributed by atoms with Gasteiger partial charge in [0.15, 0.2) is 0 Å². The molecular formula is C15H21N3O. The Morgan fingerprint density at radius 2 is 2.16 bits per heavy atom. The molecule has 1 aliphatic carbocycles. The van der Waals surface area contributed by atoms with Crippen LogP contribution in [0.15, 0.2) is 24.3 Å². The van der Waals surface area contributed by atoms with Crippen molar-refractivity contribution in [2.45, 2.75) is 31.3 Å². The Balaban J connectivity index is 1.61. The number of amides is 1. The predicted octanol–water partition coefficient (Wildman–Crippen LogP) is 1.69. The van der Waals surface area contributed by atoms with Crippen LogP contribution in [-0.2, 0) is 0 Å². The van der Waals surface area contributed by atoms with Crippen molar-refractivity contribution in [3.8, 4) is 0 Å². The third-order valence-corrected chi connectivity index (χ3v) is 4.01. The van der Waals surface area contributed by atoms with Gasteiger partial charge >= 0.3 is 0 Å². The van der Waals surface area contributed by atoms with E-state index in [1.165, 1.54) is 25.8 Å². The quantitative estimate of drug-likeness (QED) is 0.865.